The van der Waals surface area contributed by atoms with Gasteiger partial charge < -0.3 is 5.32 Å². The number of halogens is 3. The maximum atomic E-state index is 13.7. The predicted octanol–water partition coefficient (Wildman–Crippen LogP) is 4.45. The van der Waals surface area contributed by atoms with Crippen LogP contribution in [0.3, 0.4) is 0 Å². The monoisotopic (exact) mass is 399 g/mol. The maximum absolute atomic E-state index is 13.7. The van der Waals surface area contributed by atoms with Crippen molar-refractivity contribution in [2.45, 2.75) is 75.7 Å². The van der Waals surface area contributed by atoms with E-state index in [1.54, 1.807) is 11.4 Å². The van der Waals surface area contributed by atoms with E-state index in [1.807, 2.05) is 6.92 Å². The minimum absolute atomic E-state index is 0.137. The van der Waals surface area contributed by atoms with Gasteiger partial charge in [-0.1, -0.05) is 25.8 Å². The van der Waals surface area contributed by atoms with Gasteiger partial charge in [0.05, 0.1) is 12.1 Å². The molecule has 8 heteroatoms. The molecule has 2 saturated carbocycles. The van der Waals surface area contributed by atoms with Crippen molar-refractivity contribution >= 4 is 17.2 Å². The first-order valence-corrected chi connectivity index (χ1v) is 10.1. The molecule has 4 nitrogen and oxygen atoms in total. The highest BCUT2D eigenvalue weighted by Gasteiger charge is 2.48. The van der Waals surface area contributed by atoms with Gasteiger partial charge in [-0.25, -0.2) is 0 Å². The zero-order chi connectivity index (χ0) is 19.7. The zero-order valence-corrected chi connectivity index (χ0v) is 16.1. The van der Waals surface area contributed by atoms with E-state index in [9.17, 15) is 23.2 Å². The van der Waals surface area contributed by atoms with E-state index in [0.29, 0.717) is 19.3 Å². The fourth-order valence-electron chi connectivity index (χ4n) is 3.86. The maximum Gasteiger partial charge on any atom is 0.408 e. The van der Waals surface area contributed by atoms with Gasteiger partial charge in [0.1, 0.15) is 11.6 Å². The van der Waals surface area contributed by atoms with E-state index in [2.05, 4.69) is 16.7 Å². The van der Waals surface area contributed by atoms with E-state index in [4.69, 9.17) is 0 Å². The van der Waals surface area contributed by atoms with Gasteiger partial charge >= 0.3 is 6.18 Å². The second kappa shape index (κ2) is 7.44. The summed E-state index contributed by atoms with van der Waals surface area (Å²) in [4.78, 5) is 13.0. The number of nitriles is 1. The number of hydrogen-bond acceptors (Lipinski definition) is 4. The minimum Gasteiger partial charge on any atom is -0.336 e. The summed E-state index contributed by atoms with van der Waals surface area (Å²) in [6.07, 6.45) is 0.779. The molecule has 0 spiro atoms. The number of thiophene rings is 1. The predicted molar refractivity (Wildman–Crippen MR) is 97.0 cm³/mol. The van der Waals surface area contributed by atoms with E-state index in [-0.39, 0.29) is 10.3 Å². The molecular formula is C19H24F3N3OS. The Morgan fingerprint density at radius 1 is 1.33 bits per heavy atom. The Kier molecular flexibility index (Phi) is 5.55. The van der Waals surface area contributed by atoms with Crippen LogP contribution in [0.1, 0.15) is 62.8 Å². The van der Waals surface area contributed by atoms with E-state index < -0.39 is 29.7 Å². The second-order valence-corrected chi connectivity index (χ2v) is 9.09. The van der Waals surface area contributed by atoms with Crippen LogP contribution in [0.25, 0.3) is 0 Å². The normalized spacial score (nSPS) is 22.6. The van der Waals surface area contributed by atoms with Crippen LogP contribution in [-0.4, -0.2) is 23.7 Å². The number of nitrogens with one attached hydrogen (secondary N) is 2. The third-order valence-electron chi connectivity index (χ3n) is 5.67. The molecule has 0 bridgehead atoms. The number of rotatable bonds is 7. The molecule has 0 unspecified atom stereocenters. The van der Waals surface area contributed by atoms with Crippen molar-refractivity contribution in [3.05, 3.63) is 22.4 Å². The van der Waals surface area contributed by atoms with Gasteiger partial charge in [-0.2, -0.15) is 18.4 Å². The lowest BCUT2D eigenvalue weighted by Gasteiger charge is -2.33. The van der Waals surface area contributed by atoms with E-state index in [0.717, 1.165) is 37.0 Å². The lowest BCUT2D eigenvalue weighted by molar-refractivity contribution is -0.160. The molecule has 148 valence electrons. The van der Waals surface area contributed by atoms with Gasteiger partial charge in [-0.15, -0.1) is 11.3 Å². The number of carbonyl (C=O) groups is 1. The number of hydrogen-bond donors (Lipinski definition) is 2. The summed E-state index contributed by atoms with van der Waals surface area (Å²) < 4.78 is 41.1. The number of nitrogens with zero attached hydrogens (tertiary/aromatic N) is 1. The molecule has 0 aromatic carbocycles. The van der Waals surface area contributed by atoms with Crippen LogP contribution in [0.4, 0.5) is 13.2 Å². The molecule has 2 atom stereocenters. The molecule has 2 aliphatic carbocycles. The van der Waals surface area contributed by atoms with Gasteiger partial charge in [0.15, 0.2) is 0 Å². The topological polar surface area (TPSA) is 64.9 Å². The molecule has 2 N–H and O–H groups in total. The van der Waals surface area contributed by atoms with E-state index in [1.165, 1.54) is 6.07 Å². The largest absolute Gasteiger partial charge is 0.408 e. The summed E-state index contributed by atoms with van der Waals surface area (Å²) in [5.74, 6) is -0.506. The molecule has 1 amide bonds. The number of carbonyl (C=O) groups excluding carboxylic acids is 1. The first kappa shape index (κ1) is 20.2. The average molecular weight is 399 g/mol. The van der Waals surface area contributed by atoms with Crippen LogP contribution < -0.4 is 10.6 Å². The molecule has 0 radical (unpaired) electrons. The van der Waals surface area contributed by atoms with Crippen molar-refractivity contribution in [3.8, 4) is 6.07 Å². The summed E-state index contributed by atoms with van der Waals surface area (Å²) >= 11 is 1.02. The van der Waals surface area contributed by atoms with Gasteiger partial charge in [-0.3, -0.25) is 10.1 Å². The van der Waals surface area contributed by atoms with Crippen molar-refractivity contribution in [3.63, 3.8) is 0 Å². The fraction of sp³-hybridized carbons (Fsp3) is 0.684. The van der Waals surface area contributed by atoms with Gasteiger partial charge in [0.25, 0.3) is 0 Å². The van der Waals surface area contributed by atoms with Crippen molar-refractivity contribution in [1.29, 1.82) is 5.26 Å². The first-order chi connectivity index (χ1) is 12.7. The summed E-state index contributed by atoms with van der Waals surface area (Å²) in [7, 11) is 0. The molecule has 1 heterocycles. The Balaban J connectivity index is 1.81. The van der Waals surface area contributed by atoms with Crippen molar-refractivity contribution in [2.75, 3.05) is 0 Å². The fourth-order valence-corrected chi connectivity index (χ4v) is 4.67. The van der Waals surface area contributed by atoms with Crippen LogP contribution in [0.5, 0.6) is 0 Å². The Hall–Kier alpha value is -1.59. The Morgan fingerprint density at radius 2 is 2.00 bits per heavy atom. The second-order valence-electron chi connectivity index (χ2n) is 8.11. The highest BCUT2D eigenvalue weighted by Crippen LogP contribution is 2.43. The third-order valence-corrected chi connectivity index (χ3v) is 6.61. The van der Waals surface area contributed by atoms with Crippen molar-refractivity contribution in [1.82, 2.24) is 10.6 Å². The molecule has 27 heavy (non-hydrogen) atoms. The van der Waals surface area contributed by atoms with Crippen LogP contribution in [-0.2, 0) is 4.79 Å². The lowest BCUT2D eigenvalue weighted by atomic mass is 9.81. The van der Waals surface area contributed by atoms with Gasteiger partial charge in [0, 0.05) is 4.88 Å². The SMILES string of the molecule is CC1(C[C@H](N[C@H](c2cccs2)C(F)(F)F)C(=O)NC2(C#N)CC2)CCCC1. The Morgan fingerprint density at radius 3 is 2.48 bits per heavy atom. The molecule has 0 saturated heterocycles. The Bertz CT molecular complexity index is 701. The molecule has 0 aliphatic heterocycles. The third kappa shape index (κ3) is 4.82. The first-order valence-electron chi connectivity index (χ1n) is 9.26. The molecule has 2 fully saturated rings. The average Bonchev–Trinajstić information content (AvgIpc) is 2.97. The quantitative estimate of drug-likeness (QED) is 0.712. The van der Waals surface area contributed by atoms with Crippen LogP contribution in [0.15, 0.2) is 17.5 Å². The summed E-state index contributed by atoms with van der Waals surface area (Å²) in [5.41, 5.74) is -1.06. The van der Waals surface area contributed by atoms with Gasteiger partial charge in [0.2, 0.25) is 5.91 Å². The van der Waals surface area contributed by atoms with Crippen LogP contribution in [0, 0.1) is 16.7 Å². The molecule has 2 aliphatic rings. The smallest absolute Gasteiger partial charge is 0.336 e. The lowest BCUT2D eigenvalue weighted by Crippen LogP contribution is -2.53. The van der Waals surface area contributed by atoms with Crippen molar-refractivity contribution in [2.24, 2.45) is 5.41 Å². The highest BCUT2D eigenvalue weighted by atomic mass is 32.1. The number of alkyl halides is 3. The molecule has 1 aromatic heterocycles. The molecular weight excluding hydrogens is 375 g/mol. The number of amides is 1. The van der Waals surface area contributed by atoms with Crippen LogP contribution >= 0.6 is 11.3 Å². The summed E-state index contributed by atoms with van der Waals surface area (Å²) in [6, 6.07) is 2.19. The molecule has 1 aromatic rings. The summed E-state index contributed by atoms with van der Waals surface area (Å²) in [5, 5.41) is 16.1. The van der Waals surface area contributed by atoms with Crippen LogP contribution in [0.2, 0.25) is 0 Å². The van der Waals surface area contributed by atoms with Crippen molar-refractivity contribution < 1.29 is 18.0 Å². The summed E-state index contributed by atoms with van der Waals surface area (Å²) in [6.45, 7) is 2.03. The van der Waals surface area contributed by atoms with E-state index >= 15 is 0 Å². The zero-order valence-electron chi connectivity index (χ0n) is 15.2. The standard InChI is InChI=1S/C19H24F3N3OS/c1-17(6-2-3-7-17)11-13(16(26)25-18(12-23)8-9-18)24-15(19(20,21)22)14-5-4-10-27-14/h4-5,10,13,15,24H,2-3,6-9,11H2,1H3,(H,25,26)/t13-,15+/m0/s1. The highest BCUT2D eigenvalue weighted by molar-refractivity contribution is 7.10. The Labute approximate surface area is 161 Å². The van der Waals surface area contributed by atoms with Gasteiger partial charge in [-0.05, 0) is 49.0 Å². The minimum atomic E-state index is -4.51. The molecule has 3 rings (SSSR count).